The second-order valence-corrected chi connectivity index (χ2v) is 6.07. The van der Waals surface area contributed by atoms with Gasteiger partial charge in [0.15, 0.2) is 5.54 Å². The van der Waals surface area contributed by atoms with Crippen molar-refractivity contribution in [3.05, 3.63) is 59.6 Å². The average molecular weight is 328 g/mol. The number of hydrogen-bond acceptors (Lipinski definition) is 3. The first kappa shape index (κ1) is 14.2. The normalized spacial score (nSPS) is 19.3. The molecule has 0 aliphatic carbocycles. The molecule has 2 aliphatic heterocycles. The largest absolute Gasteiger partial charge is 0.375 e. The van der Waals surface area contributed by atoms with Gasteiger partial charge in [0.05, 0.1) is 18.9 Å². The Bertz CT molecular complexity index is 772. The van der Waals surface area contributed by atoms with Crippen LogP contribution in [0.3, 0.4) is 0 Å². The third-order valence-corrected chi connectivity index (χ3v) is 4.51. The fourth-order valence-corrected chi connectivity index (χ4v) is 3.14. The molecule has 6 heteroatoms. The number of carbonyl (C=O) groups excluding carboxylic acids is 1. The summed E-state index contributed by atoms with van der Waals surface area (Å²) in [6, 6.07) is 16.1. The molecule has 0 unspecified atom stereocenters. The summed E-state index contributed by atoms with van der Waals surface area (Å²) in [7, 11) is 0. The van der Waals surface area contributed by atoms with Crippen molar-refractivity contribution in [1.29, 1.82) is 5.41 Å². The van der Waals surface area contributed by atoms with E-state index >= 15 is 0 Å². The number of rotatable bonds is 2. The van der Waals surface area contributed by atoms with Crippen molar-refractivity contribution < 1.29 is 9.53 Å². The molecule has 1 spiro atoms. The Morgan fingerprint density at radius 2 is 1.65 bits per heavy atom. The van der Waals surface area contributed by atoms with E-state index in [2.05, 4.69) is 0 Å². The standard InChI is InChI=1S/C17H14ClN3O2/c18-12-6-8-14(9-7-12)21-16(22)20(13-4-2-1-3-5-13)15(19)17(21)10-23-11-17/h1-9,19H,10-11H2. The Balaban J connectivity index is 1.81. The quantitative estimate of drug-likeness (QED) is 0.917. The number of ether oxygens (including phenoxy) is 1. The molecule has 2 saturated heterocycles. The summed E-state index contributed by atoms with van der Waals surface area (Å²) >= 11 is 5.95. The average Bonchev–Trinajstić information content (AvgIpc) is 2.76. The minimum absolute atomic E-state index is 0.244. The number of urea groups is 1. The highest BCUT2D eigenvalue weighted by Gasteiger charge is 2.60. The fourth-order valence-electron chi connectivity index (χ4n) is 3.02. The highest BCUT2D eigenvalue weighted by molar-refractivity contribution is 6.32. The zero-order valence-electron chi connectivity index (χ0n) is 12.2. The highest BCUT2D eigenvalue weighted by Crippen LogP contribution is 2.40. The maximum absolute atomic E-state index is 13.0. The lowest BCUT2D eigenvalue weighted by molar-refractivity contribution is -0.0155. The molecule has 2 amide bonds. The summed E-state index contributed by atoms with van der Waals surface area (Å²) in [4.78, 5) is 16.1. The van der Waals surface area contributed by atoms with Crippen molar-refractivity contribution in [1.82, 2.24) is 0 Å². The van der Waals surface area contributed by atoms with Crippen molar-refractivity contribution in [2.75, 3.05) is 23.0 Å². The first-order valence-electron chi connectivity index (χ1n) is 7.25. The molecule has 0 aromatic heterocycles. The van der Waals surface area contributed by atoms with Gasteiger partial charge in [0.1, 0.15) is 5.84 Å². The number of nitrogens with one attached hydrogen (secondary N) is 1. The molecule has 116 valence electrons. The number of nitrogens with zero attached hydrogens (tertiary/aromatic N) is 2. The van der Waals surface area contributed by atoms with Crippen molar-refractivity contribution in [3.63, 3.8) is 0 Å². The van der Waals surface area contributed by atoms with Crippen LogP contribution in [0.2, 0.25) is 5.02 Å². The number of amidine groups is 1. The molecule has 0 radical (unpaired) electrons. The first-order chi connectivity index (χ1) is 11.1. The number of anilines is 2. The van der Waals surface area contributed by atoms with Crippen LogP contribution in [0.1, 0.15) is 0 Å². The molecule has 1 N–H and O–H groups in total. The smallest absolute Gasteiger partial charge is 0.335 e. The zero-order chi connectivity index (χ0) is 16.0. The van der Waals surface area contributed by atoms with E-state index in [0.717, 1.165) is 0 Å². The van der Waals surface area contributed by atoms with Crippen LogP contribution >= 0.6 is 11.6 Å². The number of halogens is 1. The van der Waals surface area contributed by atoms with Crippen molar-refractivity contribution in [2.24, 2.45) is 0 Å². The van der Waals surface area contributed by atoms with Gasteiger partial charge in [-0.1, -0.05) is 29.8 Å². The van der Waals surface area contributed by atoms with Gasteiger partial charge in [0.25, 0.3) is 0 Å². The third kappa shape index (κ3) is 1.97. The SMILES string of the molecule is N=C1N(c2ccccc2)C(=O)N(c2ccc(Cl)cc2)C12COC2. The van der Waals surface area contributed by atoms with Crippen molar-refractivity contribution in [3.8, 4) is 0 Å². The highest BCUT2D eigenvalue weighted by atomic mass is 35.5. The van der Waals surface area contributed by atoms with Gasteiger partial charge in [0, 0.05) is 10.7 Å². The Hall–Kier alpha value is -2.37. The van der Waals surface area contributed by atoms with Crippen LogP contribution in [0.15, 0.2) is 54.6 Å². The maximum atomic E-state index is 13.0. The van der Waals surface area contributed by atoms with E-state index < -0.39 is 5.54 Å². The molecule has 2 aromatic rings. The zero-order valence-corrected chi connectivity index (χ0v) is 13.0. The lowest BCUT2D eigenvalue weighted by Gasteiger charge is -2.43. The van der Waals surface area contributed by atoms with E-state index in [1.165, 1.54) is 4.90 Å². The van der Waals surface area contributed by atoms with Gasteiger partial charge >= 0.3 is 6.03 Å². The Labute approximate surface area is 138 Å². The number of benzene rings is 2. The molecule has 23 heavy (non-hydrogen) atoms. The van der Waals surface area contributed by atoms with Crippen LogP contribution in [0.5, 0.6) is 0 Å². The molecule has 4 rings (SSSR count). The van der Waals surface area contributed by atoms with Gasteiger partial charge in [-0.15, -0.1) is 0 Å². The summed E-state index contributed by atoms with van der Waals surface area (Å²) in [6.45, 7) is 0.646. The van der Waals surface area contributed by atoms with Crippen molar-refractivity contribution >= 4 is 34.8 Å². The first-order valence-corrected chi connectivity index (χ1v) is 7.63. The van der Waals surface area contributed by atoms with Gasteiger partial charge in [0.2, 0.25) is 0 Å². The second-order valence-electron chi connectivity index (χ2n) is 5.64. The Morgan fingerprint density at radius 3 is 2.22 bits per heavy atom. The van der Waals surface area contributed by atoms with Gasteiger partial charge in [-0.2, -0.15) is 0 Å². The number of carbonyl (C=O) groups is 1. The van der Waals surface area contributed by atoms with E-state index in [9.17, 15) is 4.79 Å². The number of hydrogen-bond donors (Lipinski definition) is 1. The van der Waals surface area contributed by atoms with Crippen LogP contribution in [-0.2, 0) is 4.74 Å². The molecular formula is C17H14ClN3O2. The molecule has 0 saturated carbocycles. The van der Waals surface area contributed by atoms with Crippen LogP contribution in [-0.4, -0.2) is 30.6 Å². The van der Waals surface area contributed by atoms with Crippen LogP contribution < -0.4 is 9.80 Å². The van der Waals surface area contributed by atoms with Crippen LogP contribution in [0.4, 0.5) is 16.2 Å². The monoisotopic (exact) mass is 327 g/mol. The molecular weight excluding hydrogens is 314 g/mol. The van der Waals surface area contributed by atoms with Crippen molar-refractivity contribution in [2.45, 2.75) is 5.54 Å². The molecule has 2 aliphatic rings. The Morgan fingerprint density at radius 1 is 1.00 bits per heavy atom. The van der Waals surface area contributed by atoms with E-state index in [1.54, 1.807) is 29.2 Å². The molecule has 2 fully saturated rings. The second kappa shape index (κ2) is 5.08. The minimum atomic E-state index is -0.735. The lowest BCUT2D eigenvalue weighted by atomic mass is 9.94. The predicted octanol–water partition coefficient (Wildman–Crippen LogP) is 3.53. The number of amides is 2. The maximum Gasteiger partial charge on any atom is 0.335 e. The summed E-state index contributed by atoms with van der Waals surface area (Å²) in [6.07, 6.45) is 0. The number of para-hydroxylation sites is 1. The van der Waals surface area contributed by atoms with Crippen LogP contribution in [0.25, 0.3) is 0 Å². The molecule has 0 bridgehead atoms. The topological polar surface area (TPSA) is 56.6 Å². The van der Waals surface area contributed by atoms with E-state index in [-0.39, 0.29) is 11.9 Å². The predicted molar refractivity (Wildman–Crippen MR) is 89.5 cm³/mol. The molecule has 2 heterocycles. The summed E-state index contributed by atoms with van der Waals surface area (Å²) in [5.41, 5.74) is 0.664. The van der Waals surface area contributed by atoms with Gasteiger partial charge < -0.3 is 4.74 Å². The lowest BCUT2D eigenvalue weighted by Crippen LogP contribution is -2.64. The van der Waals surface area contributed by atoms with Gasteiger partial charge in [-0.05, 0) is 36.4 Å². The molecule has 5 nitrogen and oxygen atoms in total. The molecule has 0 atom stereocenters. The third-order valence-electron chi connectivity index (χ3n) is 4.26. The van der Waals surface area contributed by atoms with E-state index in [4.69, 9.17) is 21.7 Å². The fraction of sp³-hybridized carbons (Fsp3) is 0.176. The van der Waals surface area contributed by atoms with E-state index in [0.29, 0.717) is 29.6 Å². The molecule has 2 aromatic carbocycles. The summed E-state index contributed by atoms with van der Waals surface area (Å²) in [5, 5.41) is 9.16. The van der Waals surface area contributed by atoms with E-state index in [1.807, 2.05) is 30.3 Å². The van der Waals surface area contributed by atoms with Crippen LogP contribution in [0, 0.1) is 5.41 Å². The van der Waals surface area contributed by atoms with Gasteiger partial charge in [-0.25, -0.2) is 9.69 Å². The minimum Gasteiger partial charge on any atom is -0.375 e. The summed E-state index contributed by atoms with van der Waals surface area (Å²) < 4.78 is 5.35. The Kier molecular flexibility index (Phi) is 3.14. The van der Waals surface area contributed by atoms with Gasteiger partial charge in [-0.3, -0.25) is 10.3 Å². The summed E-state index contributed by atoms with van der Waals surface area (Å²) in [5.74, 6) is 0.245.